The van der Waals surface area contributed by atoms with E-state index in [4.69, 9.17) is 5.11 Å². The van der Waals surface area contributed by atoms with E-state index in [0.717, 1.165) is 0 Å². The molecule has 0 aliphatic carbocycles. The van der Waals surface area contributed by atoms with Gasteiger partial charge in [-0.2, -0.15) is 13.2 Å². The molecule has 1 heterocycles. The zero-order valence-corrected chi connectivity index (χ0v) is 7.99. The van der Waals surface area contributed by atoms with Crippen molar-refractivity contribution in [3.63, 3.8) is 0 Å². The molecule has 1 fully saturated rings. The average molecular weight is 234 g/mol. The molecule has 3 nitrogen and oxygen atoms in total. The van der Waals surface area contributed by atoms with Crippen molar-refractivity contribution < 1.29 is 23.1 Å². The minimum absolute atomic E-state index is 0. The first-order chi connectivity index (χ1) is 5.93. The molecule has 0 aromatic carbocycles. The van der Waals surface area contributed by atoms with Gasteiger partial charge in [-0.3, -0.25) is 4.79 Å². The topological polar surface area (TPSA) is 49.3 Å². The van der Waals surface area contributed by atoms with Gasteiger partial charge in [0.2, 0.25) is 0 Å². The second-order valence-electron chi connectivity index (χ2n) is 3.06. The van der Waals surface area contributed by atoms with Crippen molar-refractivity contribution in [2.75, 3.05) is 6.54 Å². The van der Waals surface area contributed by atoms with Gasteiger partial charge in [0.05, 0.1) is 5.92 Å². The van der Waals surface area contributed by atoms with Crippen LogP contribution >= 0.6 is 12.4 Å². The molecule has 2 atom stereocenters. The van der Waals surface area contributed by atoms with E-state index < -0.39 is 24.1 Å². The van der Waals surface area contributed by atoms with Crippen molar-refractivity contribution in [3.8, 4) is 0 Å². The van der Waals surface area contributed by atoms with Gasteiger partial charge in [-0.1, -0.05) is 0 Å². The smallest absolute Gasteiger partial charge is 0.404 e. The molecule has 84 valence electrons. The van der Waals surface area contributed by atoms with Crippen molar-refractivity contribution in [2.24, 2.45) is 5.92 Å². The number of carboxylic acid groups (broad SMARTS) is 1. The molecular formula is C7H11ClF3NO2. The normalized spacial score (nSPS) is 27.9. The standard InChI is InChI=1S/C7H10F3NO2.ClH/c8-7(9,10)5-4(6(12)13)2-1-3-11-5;/h4-5,11H,1-3H2,(H,12,13);1H. The summed E-state index contributed by atoms with van der Waals surface area (Å²) in [7, 11) is 0. The first kappa shape index (κ1) is 13.5. The van der Waals surface area contributed by atoms with Gasteiger partial charge in [-0.25, -0.2) is 0 Å². The predicted molar refractivity (Wildman–Crippen MR) is 45.5 cm³/mol. The Morgan fingerprint density at radius 1 is 1.43 bits per heavy atom. The molecule has 2 unspecified atom stereocenters. The Kier molecular flexibility index (Phi) is 4.67. The van der Waals surface area contributed by atoms with Crippen LogP contribution in [-0.4, -0.2) is 29.8 Å². The van der Waals surface area contributed by atoms with Crippen molar-refractivity contribution in [1.29, 1.82) is 0 Å². The van der Waals surface area contributed by atoms with E-state index >= 15 is 0 Å². The molecule has 1 aliphatic rings. The first-order valence-corrected chi connectivity index (χ1v) is 3.96. The Bertz CT molecular complexity index is 210. The fraction of sp³-hybridized carbons (Fsp3) is 0.857. The zero-order valence-electron chi connectivity index (χ0n) is 7.17. The molecule has 0 aromatic rings. The minimum atomic E-state index is -4.47. The maximum Gasteiger partial charge on any atom is 0.404 e. The summed E-state index contributed by atoms with van der Waals surface area (Å²) in [6.07, 6.45) is -3.90. The summed E-state index contributed by atoms with van der Waals surface area (Å²) in [5, 5.41) is 10.7. The van der Waals surface area contributed by atoms with E-state index in [-0.39, 0.29) is 25.4 Å². The largest absolute Gasteiger partial charge is 0.481 e. The van der Waals surface area contributed by atoms with Crippen LogP contribution in [0.5, 0.6) is 0 Å². The molecule has 14 heavy (non-hydrogen) atoms. The zero-order chi connectivity index (χ0) is 10.1. The lowest BCUT2D eigenvalue weighted by Gasteiger charge is -2.31. The van der Waals surface area contributed by atoms with Gasteiger partial charge in [0.1, 0.15) is 6.04 Å². The second kappa shape index (κ2) is 4.84. The molecule has 7 heteroatoms. The highest BCUT2D eigenvalue weighted by atomic mass is 35.5. The monoisotopic (exact) mass is 233 g/mol. The van der Waals surface area contributed by atoms with E-state index in [2.05, 4.69) is 5.32 Å². The Morgan fingerprint density at radius 3 is 2.36 bits per heavy atom. The van der Waals surface area contributed by atoms with E-state index in [1.54, 1.807) is 0 Å². The minimum Gasteiger partial charge on any atom is -0.481 e. The molecule has 0 amide bonds. The first-order valence-electron chi connectivity index (χ1n) is 3.96. The summed E-state index contributed by atoms with van der Waals surface area (Å²) in [5.41, 5.74) is 0. The third-order valence-electron chi connectivity index (χ3n) is 2.13. The van der Waals surface area contributed by atoms with Crippen LogP contribution in [-0.2, 0) is 4.79 Å². The third-order valence-corrected chi connectivity index (χ3v) is 2.13. The number of carbonyl (C=O) groups is 1. The van der Waals surface area contributed by atoms with E-state index in [1.165, 1.54) is 0 Å². The molecular weight excluding hydrogens is 223 g/mol. The molecule has 0 saturated carbocycles. The van der Waals surface area contributed by atoms with Crippen LogP contribution in [0.25, 0.3) is 0 Å². The van der Waals surface area contributed by atoms with Crippen molar-refractivity contribution in [3.05, 3.63) is 0 Å². The van der Waals surface area contributed by atoms with Crippen molar-refractivity contribution in [1.82, 2.24) is 5.32 Å². The highest BCUT2D eigenvalue weighted by Crippen LogP contribution is 2.30. The molecule has 1 saturated heterocycles. The molecule has 0 bridgehead atoms. The Hall–Kier alpha value is -0.490. The highest BCUT2D eigenvalue weighted by molar-refractivity contribution is 5.85. The summed E-state index contributed by atoms with van der Waals surface area (Å²) in [4.78, 5) is 10.5. The summed E-state index contributed by atoms with van der Waals surface area (Å²) in [5.74, 6) is -2.72. The second-order valence-corrected chi connectivity index (χ2v) is 3.06. The Balaban J connectivity index is 0.00000169. The van der Waals surface area contributed by atoms with Crippen LogP contribution in [0.3, 0.4) is 0 Å². The number of hydrogen-bond acceptors (Lipinski definition) is 2. The van der Waals surface area contributed by atoms with Gasteiger partial charge < -0.3 is 10.4 Å². The van der Waals surface area contributed by atoms with Crippen molar-refractivity contribution in [2.45, 2.75) is 25.1 Å². The van der Waals surface area contributed by atoms with Gasteiger partial charge in [-0.05, 0) is 19.4 Å². The summed E-state index contributed by atoms with van der Waals surface area (Å²) in [6.45, 7) is 0.230. The van der Waals surface area contributed by atoms with Crippen molar-refractivity contribution >= 4 is 18.4 Å². The van der Waals surface area contributed by atoms with Crippen LogP contribution in [0.15, 0.2) is 0 Å². The number of rotatable bonds is 1. The number of aliphatic carboxylic acids is 1. The molecule has 1 rings (SSSR count). The van der Waals surface area contributed by atoms with Gasteiger partial charge in [0.25, 0.3) is 0 Å². The maximum atomic E-state index is 12.2. The number of carboxylic acids is 1. The third kappa shape index (κ3) is 3.02. The molecule has 2 N–H and O–H groups in total. The SMILES string of the molecule is Cl.O=C(O)C1CCCNC1C(F)(F)F. The Labute approximate surface area is 85.1 Å². The lowest BCUT2D eigenvalue weighted by atomic mass is 9.90. The van der Waals surface area contributed by atoms with Crippen LogP contribution in [0, 0.1) is 5.92 Å². The quantitative estimate of drug-likeness (QED) is 0.720. The fourth-order valence-corrected chi connectivity index (χ4v) is 1.50. The highest BCUT2D eigenvalue weighted by Gasteiger charge is 2.48. The number of alkyl halides is 3. The molecule has 1 aliphatic heterocycles. The van der Waals surface area contributed by atoms with Gasteiger partial charge in [0.15, 0.2) is 0 Å². The van der Waals surface area contributed by atoms with Gasteiger partial charge in [-0.15, -0.1) is 12.4 Å². The summed E-state index contributed by atoms with van der Waals surface area (Å²) in [6, 6.07) is -1.89. The number of piperidine rings is 1. The average Bonchev–Trinajstić information content (AvgIpc) is 2.03. The lowest BCUT2D eigenvalue weighted by molar-refractivity contribution is -0.183. The van der Waals surface area contributed by atoms with Crippen LogP contribution in [0.2, 0.25) is 0 Å². The van der Waals surface area contributed by atoms with Crippen LogP contribution in [0.1, 0.15) is 12.8 Å². The molecule has 0 spiro atoms. The van der Waals surface area contributed by atoms with Crippen LogP contribution in [0.4, 0.5) is 13.2 Å². The number of hydrogen-bond donors (Lipinski definition) is 2. The Morgan fingerprint density at radius 2 is 2.00 bits per heavy atom. The van der Waals surface area contributed by atoms with E-state index in [9.17, 15) is 18.0 Å². The van der Waals surface area contributed by atoms with Crippen LogP contribution < -0.4 is 5.32 Å². The van der Waals surface area contributed by atoms with E-state index in [0.29, 0.717) is 6.42 Å². The maximum absolute atomic E-state index is 12.2. The molecule has 0 radical (unpaired) electrons. The number of nitrogens with one attached hydrogen (secondary N) is 1. The summed E-state index contributed by atoms with van der Waals surface area (Å²) < 4.78 is 36.7. The lowest BCUT2D eigenvalue weighted by Crippen LogP contribution is -2.53. The fourth-order valence-electron chi connectivity index (χ4n) is 1.50. The number of halogens is 4. The summed E-state index contributed by atoms with van der Waals surface area (Å²) >= 11 is 0. The molecule has 0 aromatic heterocycles. The van der Waals surface area contributed by atoms with Gasteiger partial charge in [0, 0.05) is 0 Å². The van der Waals surface area contributed by atoms with E-state index in [1.807, 2.05) is 0 Å². The van der Waals surface area contributed by atoms with Gasteiger partial charge >= 0.3 is 12.1 Å². The predicted octanol–water partition coefficient (Wildman–Crippen LogP) is 1.42.